The number of carbonyl (C=O) groups is 1. The van der Waals surface area contributed by atoms with Gasteiger partial charge in [-0.1, -0.05) is 17.7 Å². The summed E-state index contributed by atoms with van der Waals surface area (Å²) in [7, 11) is 0. The molecule has 0 aliphatic carbocycles. The van der Waals surface area contributed by atoms with Gasteiger partial charge in [-0.3, -0.25) is 4.79 Å². The second-order valence-corrected chi connectivity index (χ2v) is 5.50. The summed E-state index contributed by atoms with van der Waals surface area (Å²) in [6.45, 7) is 3.84. The summed E-state index contributed by atoms with van der Waals surface area (Å²) in [5, 5.41) is 18.8. The average molecular weight is 312 g/mol. The smallest absolute Gasteiger partial charge is 0.189 e. The van der Waals surface area contributed by atoms with E-state index in [4.69, 9.17) is 9.52 Å². The van der Waals surface area contributed by atoms with Crippen LogP contribution in [0.4, 0.5) is 0 Å². The minimum Gasteiger partial charge on any atom is -0.507 e. The van der Waals surface area contributed by atoms with Crippen LogP contribution < -0.4 is 0 Å². The van der Waals surface area contributed by atoms with Gasteiger partial charge >= 0.3 is 0 Å². The highest BCUT2D eigenvalue weighted by atomic mass is 16.4. The van der Waals surface area contributed by atoms with Crippen LogP contribution in [-0.4, -0.2) is 16.0 Å². The average Bonchev–Trinajstić information content (AvgIpc) is 2.99. The van der Waals surface area contributed by atoms with Crippen LogP contribution >= 0.6 is 0 Å². The van der Waals surface area contributed by atoms with Gasteiger partial charge in [0.15, 0.2) is 5.78 Å². The molecule has 0 bridgehead atoms. The summed E-state index contributed by atoms with van der Waals surface area (Å²) in [5.41, 5.74) is 2.42. The van der Waals surface area contributed by atoms with Gasteiger partial charge in [0.05, 0.1) is 5.56 Å². The van der Waals surface area contributed by atoms with E-state index in [-0.39, 0.29) is 23.7 Å². The molecule has 0 aliphatic heterocycles. The second kappa shape index (κ2) is 7.61. The SMILES string of the molecule is CC(C)=CCc1ccc(O)c(C(=O)/C=C/c2ccc(CO)o2)c1. The number of phenolic OH excluding ortho intramolecular Hbond substituents is 1. The predicted molar refractivity (Wildman–Crippen MR) is 89.2 cm³/mol. The third-order valence-electron chi connectivity index (χ3n) is 3.31. The van der Waals surface area contributed by atoms with Crippen molar-refractivity contribution in [3.8, 4) is 5.75 Å². The Bertz CT molecular complexity index is 746. The summed E-state index contributed by atoms with van der Waals surface area (Å²) in [6, 6.07) is 8.34. The monoisotopic (exact) mass is 312 g/mol. The van der Waals surface area contributed by atoms with Crippen LogP contribution in [0.3, 0.4) is 0 Å². The minimum absolute atomic E-state index is 0.0453. The van der Waals surface area contributed by atoms with Gasteiger partial charge in [0, 0.05) is 0 Å². The fraction of sp³-hybridized carbons (Fsp3) is 0.211. The summed E-state index contributed by atoms with van der Waals surface area (Å²) in [4.78, 5) is 12.3. The number of furan rings is 1. The first-order valence-electron chi connectivity index (χ1n) is 7.37. The molecule has 1 aromatic heterocycles. The summed E-state index contributed by atoms with van der Waals surface area (Å²) < 4.78 is 5.28. The Morgan fingerprint density at radius 1 is 1.22 bits per heavy atom. The zero-order valence-corrected chi connectivity index (χ0v) is 13.2. The van der Waals surface area contributed by atoms with Gasteiger partial charge in [-0.15, -0.1) is 0 Å². The van der Waals surface area contributed by atoms with Crippen LogP contribution in [0.15, 0.2) is 52.5 Å². The fourth-order valence-electron chi connectivity index (χ4n) is 2.05. The number of aliphatic hydroxyl groups excluding tert-OH is 1. The maximum atomic E-state index is 12.3. The molecule has 120 valence electrons. The highest BCUT2D eigenvalue weighted by Crippen LogP contribution is 2.21. The van der Waals surface area contributed by atoms with Crippen molar-refractivity contribution in [2.45, 2.75) is 26.9 Å². The predicted octanol–water partition coefficient (Wildman–Crippen LogP) is 3.88. The number of allylic oxidation sites excluding steroid dienone is 3. The Kier molecular flexibility index (Phi) is 5.55. The van der Waals surface area contributed by atoms with Crippen LogP contribution in [0.2, 0.25) is 0 Å². The van der Waals surface area contributed by atoms with Crippen LogP contribution in [0.25, 0.3) is 6.08 Å². The number of ketones is 1. The fourth-order valence-corrected chi connectivity index (χ4v) is 2.05. The van der Waals surface area contributed by atoms with Gasteiger partial charge in [-0.05, 0) is 62.2 Å². The molecule has 23 heavy (non-hydrogen) atoms. The normalized spacial score (nSPS) is 10.9. The zero-order valence-electron chi connectivity index (χ0n) is 13.2. The molecule has 0 radical (unpaired) electrons. The minimum atomic E-state index is -0.302. The number of aliphatic hydroxyl groups is 1. The van der Waals surface area contributed by atoms with E-state index in [1.807, 2.05) is 13.8 Å². The van der Waals surface area contributed by atoms with Crippen molar-refractivity contribution in [2.24, 2.45) is 0 Å². The second-order valence-electron chi connectivity index (χ2n) is 5.50. The molecule has 0 unspecified atom stereocenters. The standard InChI is InChI=1S/C19H20O4/c1-13(2)3-4-14-5-9-18(21)17(11-14)19(22)10-8-15-6-7-16(12-20)23-15/h3,5-11,20-21H,4,12H2,1-2H3/b10-8+. The van der Waals surface area contributed by atoms with Gasteiger partial charge in [0.25, 0.3) is 0 Å². The van der Waals surface area contributed by atoms with E-state index in [1.165, 1.54) is 23.8 Å². The van der Waals surface area contributed by atoms with E-state index >= 15 is 0 Å². The summed E-state index contributed by atoms with van der Waals surface area (Å²) in [5.74, 6) is 0.561. The largest absolute Gasteiger partial charge is 0.507 e. The van der Waals surface area contributed by atoms with Crippen LogP contribution in [0.1, 0.15) is 41.3 Å². The van der Waals surface area contributed by atoms with Crippen molar-refractivity contribution in [1.29, 1.82) is 0 Å². The van der Waals surface area contributed by atoms with E-state index in [0.717, 1.165) is 5.56 Å². The third-order valence-corrected chi connectivity index (χ3v) is 3.31. The Morgan fingerprint density at radius 3 is 2.65 bits per heavy atom. The molecule has 4 heteroatoms. The molecular weight excluding hydrogens is 292 g/mol. The number of hydrogen-bond acceptors (Lipinski definition) is 4. The summed E-state index contributed by atoms with van der Waals surface area (Å²) in [6.07, 6.45) is 5.64. The molecule has 2 rings (SSSR count). The summed E-state index contributed by atoms with van der Waals surface area (Å²) >= 11 is 0. The van der Waals surface area contributed by atoms with Crippen LogP contribution in [0.5, 0.6) is 5.75 Å². The molecule has 0 saturated heterocycles. The molecule has 0 saturated carbocycles. The molecule has 2 aromatic rings. The van der Waals surface area contributed by atoms with Crippen molar-refractivity contribution >= 4 is 11.9 Å². The van der Waals surface area contributed by atoms with Crippen molar-refractivity contribution in [2.75, 3.05) is 0 Å². The first-order chi connectivity index (χ1) is 11.0. The lowest BCUT2D eigenvalue weighted by Crippen LogP contribution is -1.96. The van der Waals surface area contributed by atoms with E-state index in [2.05, 4.69) is 6.08 Å². The molecule has 0 atom stereocenters. The van der Waals surface area contributed by atoms with Crippen molar-refractivity contribution in [3.05, 3.63) is 70.7 Å². The van der Waals surface area contributed by atoms with E-state index in [1.54, 1.807) is 24.3 Å². The Balaban J connectivity index is 2.17. The zero-order chi connectivity index (χ0) is 16.8. The topological polar surface area (TPSA) is 70.7 Å². The molecule has 1 heterocycles. The molecule has 0 aliphatic rings. The number of hydrogen-bond donors (Lipinski definition) is 2. The Labute approximate surface area is 135 Å². The highest BCUT2D eigenvalue weighted by Gasteiger charge is 2.09. The van der Waals surface area contributed by atoms with Crippen LogP contribution in [0, 0.1) is 0 Å². The van der Waals surface area contributed by atoms with Crippen molar-refractivity contribution in [1.82, 2.24) is 0 Å². The maximum Gasteiger partial charge on any atom is 0.189 e. The highest BCUT2D eigenvalue weighted by molar-refractivity contribution is 6.08. The van der Waals surface area contributed by atoms with Gasteiger partial charge in [0.1, 0.15) is 23.9 Å². The maximum absolute atomic E-state index is 12.3. The molecule has 2 N–H and O–H groups in total. The lowest BCUT2D eigenvalue weighted by Gasteiger charge is -2.04. The lowest BCUT2D eigenvalue weighted by atomic mass is 10.0. The molecule has 4 nitrogen and oxygen atoms in total. The van der Waals surface area contributed by atoms with E-state index < -0.39 is 0 Å². The third kappa shape index (κ3) is 4.69. The van der Waals surface area contributed by atoms with Gasteiger partial charge in [0.2, 0.25) is 0 Å². The Hall–Kier alpha value is -2.59. The molecule has 0 amide bonds. The Morgan fingerprint density at radius 2 is 2.00 bits per heavy atom. The van der Waals surface area contributed by atoms with E-state index in [0.29, 0.717) is 17.9 Å². The van der Waals surface area contributed by atoms with Crippen molar-refractivity contribution < 1.29 is 19.4 Å². The van der Waals surface area contributed by atoms with Crippen LogP contribution in [-0.2, 0) is 13.0 Å². The first-order valence-corrected chi connectivity index (χ1v) is 7.37. The van der Waals surface area contributed by atoms with Gasteiger partial charge in [-0.2, -0.15) is 0 Å². The number of rotatable bonds is 6. The van der Waals surface area contributed by atoms with E-state index in [9.17, 15) is 9.90 Å². The van der Waals surface area contributed by atoms with Gasteiger partial charge < -0.3 is 14.6 Å². The quantitative estimate of drug-likeness (QED) is 0.482. The molecule has 0 spiro atoms. The van der Waals surface area contributed by atoms with Gasteiger partial charge in [-0.25, -0.2) is 0 Å². The molecule has 1 aromatic carbocycles. The van der Waals surface area contributed by atoms with Crippen molar-refractivity contribution in [3.63, 3.8) is 0 Å². The number of aromatic hydroxyl groups is 1. The number of benzene rings is 1. The first kappa shape index (κ1) is 16.8. The number of phenols is 1. The lowest BCUT2D eigenvalue weighted by molar-refractivity contribution is 0.104. The molecular formula is C19H20O4. The number of carbonyl (C=O) groups excluding carboxylic acids is 1. The molecule has 0 fully saturated rings.